The summed E-state index contributed by atoms with van der Waals surface area (Å²) in [5, 5.41) is 11.8. The molecule has 5 rings (SSSR count). The summed E-state index contributed by atoms with van der Waals surface area (Å²) in [4.78, 5) is 19.0. The van der Waals surface area contributed by atoms with Crippen LogP contribution in [0.25, 0.3) is 22.6 Å². The molecular formula is C24H22F2N6O2. The molecule has 3 heterocycles. The van der Waals surface area contributed by atoms with Crippen LogP contribution in [0, 0.1) is 11.6 Å². The molecule has 0 atom stereocenters. The Labute approximate surface area is 193 Å². The van der Waals surface area contributed by atoms with Gasteiger partial charge in [0.2, 0.25) is 5.82 Å². The number of nitrogens with one attached hydrogen (secondary N) is 1. The van der Waals surface area contributed by atoms with Gasteiger partial charge < -0.3 is 14.7 Å². The number of hydrogen-bond donors (Lipinski definition) is 1. The first-order valence-electron chi connectivity index (χ1n) is 11.0. The number of aromatic nitrogens is 4. The second kappa shape index (κ2) is 9.52. The lowest BCUT2D eigenvalue weighted by atomic mass is 10.1. The molecule has 1 saturated heterocycles. The fourth-order valence-corrected chi connectivity index (χ4v) is 3.90. The Balaban J connectivity index is 1.39. The molecule has 0 aliphatic carbocycles. The lowest BCUT2D eigenvalue weighted by Crippen LogP contribution is -2.28. The highest BCUT2D eigenvalue weighted by atomic mass is 19.1. The van der Waals surface area contributed by atoms with Gasteiger partial charge in [-0.1, -0.05) is 23.4 Å². The number of benzene rings is 2. The summed E-state index contributed by atoms with van der Waals surface area (Å²) in [5.41, 5.74) is 1.76. The van der Waals surface area contributed by atoms with Gasteiger partial charge in [0, 0.05) is 42.9 Å². The van der Waals surface area contributed by atoms with Crippen LogP contribution in [0.4, 0.5) is 14.8 Å². The summed E-state index contributed by atoms with van der Waals surface area (Å²) in [6, 6.07) is 13.8. The summed E-state index contributed by atoms with van der Waals surface area (Å²) < 4.78 is 34.0. The maximum atomic E-state index is 13.6. The van der Waals surface area contributed by atoms with Gasteiger partial charge in [-0.25, -0.2) is 13.5 Å². The predicted octanol–water partition coefficient (Wildman–Crippen LogP) is 3.09. The molecular weight excluding hydrogens is 442 g/mol. The maximum Gasteiger partial charge on any atom is 0.324 e. The van der Waals surface area contributed by atoms with Crippen LogP contribution >= 0.6 is 0 Å². The second-order valence-corrected chi connectivity index (χ2v) is 8.06. The first kappa shape index (κ1) is 21.9. The lowest BCUT2D eigenvalue weighted by Gasteiger charge is -2.15. The Morgan fingerprint density at radius 3 is 2.68 bits per heavy atom. The Kier molecular flexibility index (Phi) is 6.13. The normalized spacial score (nSPS) is 14.2. The van der Waals surface area contributed by atoms with Gasteiger partial charge in [0.25, 0.3) is 5.56 Å². The Morgan fingerprint density at radius 2 is 1.82 bits per heavy atom. The summed E-state index contributed by atoms with van der Waals surface area (Å²) in [6.45, 7) is 3.62. The zero-order valence-electron chi connectivity index (χ0n) is 18.2. The number of rotatable bonds is 5. The van der Waals surface area contributed by atoms with Crippen LogP contribution in [0.15, 0.2) is 63.9 Å². The molecule has 174 valence electrons. The molecule has 34 heavy (non-hydrogen) atoms. The average molecular weight is 464 g/mol. The van der Waals surface area contributed by atoms with Gasteiger partial charge in [0.05, 0.1) is 12.2 Å². The fraction of sp³-hybridized carbons (Fsp3) is 0.250. The van der Waals surface area contributed by atoms with Crippen LogP contribution in [0.1, 0.15) is 12.0 Å². The summed E-state index contributed by atoms with van der Waals surface area (Å²) in [7, 11) is 0. The van der Waals surface area contributed by atoms with Gasteiger partial charge >= 0.3 is 6.01 Å². The van der Waals surface area contributed by atoms with Crippen LogP contribution in [0.3, 0.4) is 0 Å². The van der Waals surface area contributed by atoms with Crippen molar-refractivity contribution in [3.8, 4) is 22.6 Å². The van der Waals surface area contributed by atoms with E-state index in [1.54, 1.807) is 0 Å². The minimum Gasteiger partial charge on any atom is -0.323 e. The highest BCUT2D eigenvalue weighted by Gasteiger charge is 2.17. The SMILES string of the molecule is O=c1ccc(-c2cc(F)cc(F)c2)nn1Cc1cccc(-c2noc(N3CCCNCC3)n2)c1. The zero-order chi connectivity index (χ0) is 23.5. The molecule has 0 bridgehead atoms. The van der Waals surface area contributed by atoms with E-state index in [2.05, 4.69) is 25.5 Å². The van der Waals surface area contributed by atoms with E-state index in [0.717, 1.165) is 49.8 Å². The molecule has 1 N–H and O–H groups in total. The predicted molar refractivity (Wildman–Crippen MR) is 122 cm³/mol. The smallest absolute Gasteiger partial charge is 0.323 e. The van der Waals surface area contributed by atoms with Crippen LogP contribution < -0.4 is 15.8 Å². The minimum absolute atomic E-state index is 0.167. The van der Waals surface area contributed by atoms with Gasteiger partial charge in [0.15, 0.2) is 0 Å². The number of halogens is 2. The summed E-state index contributed by atoms with van der Waals surface area (Å²) >= 11 is 0. The van der Waals surface area contributed by atoms with E-state index < -0.39 is 11.6 Å². The van der Waals surface area contributed by atoms with Crippen LogP contribution in [0.2, 0.25) is 0 Å². The monoisotopic (exact) mass is 464 g/mol. The fourth-order valence-electron chi connectivity index (χ4n) is 3.90. The van der Waals surface area contributed by atoms with Gasteiger partial charge in [-0.2, -0.15) is 10.1 Å². The van der Waals surface area contributed by atoms with Crippen molar-refractivity contribution in [3.05, 3.63) is 82.1 Å². The molecule has 10 heteroatoms. The van der Waals surface area contributed by atoms with Crippen molar-refractivity contribution in [3.63, 3.8) is 0 Å². The molecule has 2 aromatic carbocycles. The first-order valence-corrected chi connectivity index (χ1v) is 11.0. The highest BCUT2D eigenvalue weighted by molar-refractivity contribution is 5.59. The van der Waals surface area contributed by atoms with Gasteiger partial charge in [0.1, 0.15) is 11.6 Å². The van der Waals surface area contributed by atoms with E-state index >= 15 is 0 Å². The van der Waals surface area contributed by atoms with Gasteiger partial charge in [-0.05, 0) is 42.8 Å². The standard InChI is InChI=1S/C24H22F2N6O2/c25-19-12-18(13-20(26)14-19)21-5-6-22(33)32(29-21)15-16-3-1-4-17(11-16)23-28-24(34-30-23)31-9-2-7-27-8-10-31/h1,3-6,11-14,27H,2,7-10,15H2. The molecule has 0 spiro atoms. The molecule has 0 saturated carbocycles. The van der Waals surface area contributed by atoms with E-state index in [4.69, 9.17) is 4.52 Å². The van der Waals surface area contributed by atoms with Crippen molar-refractivity contribution < 1.29 is 13.3 Å². The molecule has 1 fully saturated rings. The Bertz CT molecular complexity index is 1340. The van der Waals surface area contributed by atoms with Crippen molar-refractivity contribution in [1.29, 1.82) is 0 Å². The second-order valence-electron chi connectivity index (χ2n) is 8.06. The van der Waals surface area contributed by atoms with E-state index in [9.17, 15) is 13.6 Å². The van der Waals surface area contributed by atoms with Crippen LogP contribution in [-0.2, 0) is 6.54 Å². The molecule has 8 nitrogen and oxygen atoms in total. The topological polar surface area (TPSA) is 89.1 Å². The summed E-state index contributed by atoms with van der Waals surface area (Å²) in [6.07, 6.45) is 0.996. The molecule has 1 aliphatic heterocycles. The van der Waals surface area contributed by atoms with Gasteiger partial charge in [-0.3, -0.25) is 4.79 Å². The minimum atomic E-state index is -0.710. The third-order valence-electron chi connectivity index (χ3n) is 5.57. The number of hydrogen-bond acceptors (Lipinski definition) is 7. The van der Waals surface area contributed by atoms with E-state index in [1.165, 1.54) is 28.9 Å². The first-order chi connectivity index (χ1) is 16.5. The third kappa shape index (κ3) is 4.86. The number of anilines is 1. The van der Waals surface area contributed by atoms with E-state index in [1.807, 2.05) is 24.3 Å². The van der Waals surface area contributed by atoms with Crippen molar-refractivity contribution in [1.82, 2.24) is 25.2 Å². The van der Waals surface area contributed by atoms with Crippen molar-refractivity contribution in [2.75, 3.05) is 31.1 Å². The number of nitrogens with zero attached hydrogens (tertiary/aromatic N) is 5. The Hall–Kier alpha value is -3.92. The molecule has 0 amide bonds. The maximum absolute atomic E-state index is 13.6. The Morgan fingerprint density at radius 1 is 0.971 bits per heavy atom. The average Bonchev–Trinajstić information content (AvgIpc) is 3.16. The molecule has 4 aromatic rings. The largest absolute Gasteiger partial charge is 0.324 e. The molecule has 0 unspecified atom stereocenters. The van der Waals surface area contributed by atoms with Crippen LogP contribution in [0.5, 0.6) is 0 Å². The van der Waals surface area contributed by atoms with Crippen molar-refractivity contribution in [2.24, 2.45) is 0 Å². The lowest BCUT2D eigenvalue weighted by molar-refractivity contribution is 0.415. The molecule has 1 aliphatic rings. The van der Waals surface area contributed by atoms with Crippen LogP contribution in [-0.4, -0.2) is 46.1 Å². The molecule has 0 radical (unpaired) electrons. The highest BCUT2D eigenvalue weighted by Crippen LogP contribution is 2.22. The summed E-state index contributed by atoms with van der Waals surface area (Å²) in [5.74, 6) is -0.963. The van der Waals surface area contributed by atoms with Crippen molar-refractivity contribution in [2.45, 2.75) is 13.0 Å². The quantitative estimate of drug-likeness (QED) is 0.486. The van der Waals surface area contributed by atoms with E-state index in [-0.39, 0.29) is 17.7 Å². The van der Waals surface area contributed by atoms with Crippen molar-refractivity contribution >= 4 is 6.01 Å². The van der Waals surface area contributed by atoms with E-state index in [0.29, 0.717) is 17.5 Å². The zero-order valence-corrected chi connectivity index (χ0v) is 18.2. The molecule has 2 aromatic heterocycles. The van der Waals surface area contributed by atoms with Gasteiger partial charge in [-0.15, -0.1) is 0 Å². The third-order valence-corrected chi connectivity index (χ3v) is 5.57.